The van der Waals surface area contributed by atoms with Gasteiger partial charge in [0.15, 0.2) is 5.78 Å². The van der Waals surface area contributed by atoms with E-state index in [1.54, 1.807) is 10.9 Å². The molecule has 0 saturated carbocycles. The number of carbonyl (C=O) groups excluding carboxylic acids is 1. The van der Waals surface area contributed by atoms with Gasteiger partial charge in [0.25, 0.3) is 0 Å². The Hall–Kier alpha value is -3.53. The zero-order valence-electron chi connectivity index (χ0n) is 14.1. The van der Waals surface area contributed by atoms with Crippen molar-refractivity contribution in [1.82, 2.24) is 15.0 Å². The van der Waals surface area contributed by atoms with Crippen molar-refractivity contribution in [2.75, 3.05) is 0 Å². The van der Waals surface area contributed by atoms with Gasteiger partial charge in [-0.2, -0.15) is 0 Å². The van der Waals surface area contributed by atoms with Crippen LogP contribution in [-0.4, -0.2) is 20.8 Å². The third-order valence-electron chi connectivity index (χ3n) is 4.23. The molecule has 0 atom stereocenters. The fourth-order valence-electron chi connectivity index (χ4n) is 2.83. The minimum Gasteiger partial charge on any atom is -0.292 e. The second-order valence-electron chi connectivity index (χ2n) is 6.03. The lowest BCUT2D eigenvalue weighted by Gasteiger charge is -2.04. The number of rotatable bonds is 5. The first-order valence-electron chi connectivity index (χ1n) is 8.44. The SMILES string of the molecule is O=C(Cn1cc(-c2ccccc2)nn1)c1ccc(-c2ccccc2)cc1. The standard InChI is InChI=1S/C22H17N3O/c26-22(16-25-15-21(23-24-25)19-9-5-2-6-10-19)20-13-11-18(12-14-20)17-7-3-1-4-8-17/h1-15H,16H2. The van der Waals surface area contributed by atoms with Gasteiger partial charge in [-0.05, 0) is 11.1 Å². The summed E-state index contributed by atoms with van der Waals surface area (Å²) in [4.78, 5) is 12.5. The van der Waals surface area contributed by atoms with Crippen molar-refractivity contribution in [2.24, 2.45) is 0 Å². The number of Topliss-reactive ketones (excluding diaryl/α,β-unsaturated/α-hetero) is 1. The van der Waals surface area contributed by atoms with Gasteiger partial charge in [-0.15, -0.1) is 5.10 Å². The first-order chi connectivity index (χ1) is 12.8. The summed E-state index contributed by atoms with van der Waals surface area (Å²) in [7, 11) is 0. The largest absolute Gasteiger partial charge is 0.292 e. The fraction of sp³-hybridized carbons (Fsp3) is 0.0455. The summed E-state index contributed by atoms with van der Waals surface area (Å²) >= 11 is 0. The molecule has 0 saturated heterocycles. The highest BCUT2D eigenvalue weighted by molar-refractivity contribution is 5.96. The molecule has 3 aromatic carbocycles. The zero-order chi connectivity index (χ0) is 17.8. The Bertz CT molecular complexity index is 1010. The molecular weight excluding hydrogens is 322 g/mol. The van der Waals surface area contributed by atoms with Crippen molar-refractivity contribution in [1.29, 1.82) is 0 Å². The Labute approximate surface area is 151 Å². The van der Waals surface area contributed by atoms with Crippen LogP contribution in [0.2, 0.25) is 0 Å². The van der Waals surface area contributed by atoms with Gasteiger partial charge in [-0.3, -0.25) is 4.79 Å². The molecule has 126 valence electrons. The second kappa shape index (κ2) is 7.15. The molecule has 0 radical (unpaired) electrons. The van der Waals surface area contributed by atoms with E-state index < -0.39 is 0 Å². The lowest BCUT2D eigenvalue weighted by molar-refractivity contribution is 0.0967. The summed E-state index contributed by atoms with van der Waals surface area (Å²) in [6.45, 7) is 0.171. The average molecular weight is 339 g/mol. The van der Waals surface area contributed by atoms with E-state index in [-0.39, 0.29) is 12.3 Å². The summed E-state index contributed by atoms with van der Waals surface area (Å²) in [5.41, 5.74) is 4.64. The summed E-state index contributed by atoms with van der Waals surface area (Å²) in [6.07, 6.45) is 1.80. The van der Waals surface area contributed by atoms with Crippen LogP contribution in [0.4, 0.5) is 0 Å². The third-order valence-corrected chi connectivity index (χ3v) is 4.23. The van der Waals surface area contributed by atoms with Crippen molar-refractivity contribution in [2.45, 2.75) is 6.54 Å². The molecule has 0 aliphatic carbocycles. The van der Waals surface area contributed by atoms with Crippen LogP contribution in [-0.2, 0) is 6.54 Å². The van der Waals surface area contributed by atoms with Crippen LogP contribution in [0, 0.1) is 0 Å². The number of hydrogen-bond donors (Lipinski definition) is 0. The van der Waals surface area contributed by atoms with Crippen LogP contribution < -0.4 is 0 Å². The molecule has 0 amide bonds. The van der Waals surface area contributed by atoms with E-state index in [0.717, 1.165) is 22.4 Å². The van der Waals surface area contributed by atoms with Gasteiger partial charge in [0.2, 0.25) is 0 Å². The summed E-state index contributed by atoms with van der Waals surface area (Å²) < 4.78 is 1.58. The van der Waals surface area contributed by atoms with E-state index in [9.17, 15) is 4.79 Å². The normalized spacial score (nSPS) is 10.6. The Morgan fingerprint density at radius 1 is 0.731 bits per heavy atom. The molecule has 0 aliphatic heterocycles. The van der Waals surface area contributed by atoms with Crippen LogP contribution in [0.5, 0.6) is 0 Å². The molecule has 0 fully saturated rings. The predicted octanol–water partition coefficient (Wildman–Crippen LogP) is 4.50. The zero-order valence-corrected chi connectivity index (χ0v) is 14.1. The third kappa shape index (κ3) is 3.44. The van der Waals surface area contributed by atoms with Gasteiger partial charge >= 0.3 is 0 Å². The molecule has 4 nitrogen and oxygen atoms in total. The minimum atomic E-state index is 0.00845. The smallest absolute Gasteiger partial charge is 0.184 e. The minimum absolute atomic E-state index is 0.00845. The topological polar surface area (TPSA) is 47.8 Å². The number of benzene rings is 3. The highest BCUT2D eigenvalue weighted by atomic mass is 16.1. The lowest BCUT2D eigenvalue weighted by Crippen LogP contribution is -2.11. The molecule has 0 bridgehead atoms. The Kier molecular flexibility index (Phi) is 4.39. The molecule has 0 aliphatic rings. The van der Waals surface area contributed by atoms with Crippen LogP contribution in [0.15, 0.2) is 91.1 Å². The highest BCUT2D eigenvalue weighted by Crippen LogP contribution is 2.20. The van der Waals surface area contributed by atoms with E-state index in [0.29, 0.717) is 5.56 Å². The maximum atomic E-state index is 12.5. The van der Waals surface area contributed by atoms with Crippen LogP contribution >= 0.6 is 0 Å². The molecule has 0 N–H and O–H groups in total. The number of ketones is 1. The van der Waals surface area contributed by atoms with E-state index in [1.165, 1.54) is 0 Å². The van der Waals surface area contributed by atoms with Gasteiger partial charge < -0.3 is 0 Å². The quantitative estimate of drug-likeness (QED) is 0.503. The molecule has 4 heteroatoms. The van der Waals surface area contributed by atoms with E-state index >= 15 is 0 Å². The first-order valence-corrected chi connectivity index (χ1v) is 8.44. The Morgan fingerprint density at radius 2 is 1.31 bits per heavy atom. The van der Waals surface area contributed by atoms with Crippen molar-refractivity contribution in [3.63, 3.8) is 0 Å². The Balaban J connectivity index is 1.48. The summed E-state index contributed by atoms with van der Waals surface area (Å²) in [5, 5.41) is 8.22. The van der Waals surface area contributed by atoms with Crippen LogP contribution in [0.1, 0.15) is 10.4 Å². The molecule has 26 heavy (non-hydrogen) atoms. The van der Waals surface area contributed by atoms with Crippen molar-refractivity contribution in [3.05, 3.63) is 96.7 Å². The van der Waals surface area contributed by atoms with E-state index in [4.69, 9.17) is 0 Å². The van der Waals surface area contributed by atoms with Crippen LogP contribution in [0.25, 0.3) is 22.4 Å². The van der Waals surface area contributed by atoms with Gasteiger partial charge in [0, 0.05) is 11.1 Å². The fourth-order valence-corrected chi connectivity index (χ4v) is 2.83. The monoisotopic (exact) mass is 339 g/mol. The molecule has 4 aromatic rings. The van der Waals surface area contributed by atoms with Crippen molar-refractivity contribution < 1.29 is 4.79 Å². The summed E-state index contributed by atoms with van der Waals surface area (Å²) in [5.74, 6) is 0.00845. The van der Waals surface area contributed by atoms with E-state index in [2.05, 4.69) is 22.4 Å². The Morgan fingerprint density at radius 3 is 1.96 bits per heavy atom. The number of hydrogen-bond acceptors (Lipinski definition) is 3. The maximum absolute atomic E-state index is 12.5. The molecule has 1 heterocycles. The maximum Gasteiger partial charge on any atom is 0.184 e. The molecule has 1 aromatic heterocycles. The number of nitrogens with zero attached hydrogens (tertiary/aromatic N) is 3. The van der Waals surface area contributed by atoms with Gasteiger partial charge in [0.1, 0.15) is 12.2 Å². The average Bonchev–Trinajstić information content (AvgIpc) is 3.18. The number of aromatic nitrogens is 3. The van der Waals surface area contributed by atoms with E-state index in [1.807, 2.05) is 72.8 Å². The number of carbonyl (C=O) groups is 1. The highest BCUT2D eigenvalue weighted by Gasteiger charge is 2.10. The van der Waals surface area contributed by atoms with Gasteiger partial charge in [-0.1, -0.05) is 90.1 Å². The van der Waals surface area contributed by atoms with Gasteiger partial charge in [0.05, 0.1) is 6.20 Å². The molecular formula is C22H17N3O. The molecule has 0 unspecified atom stereocenters. The summed E-state index contributed by atoms with van der Waals surface area (Å²) in [6, 6.07) is 27.6. The predicted molar refractivity (Wildman–Crippen MR) is 102 cm³/mol. The first kappa shape index (κ1) is 16.0. The molecule has 0 spiro atoms. The van der Waals surface area contributed by atoms with Crippen molar-refractivity contribution >= 4 is 5.78 Å². The lowest BCUT2D eigenvalue weighted by atomic mass is 10.0. The van der Waals surface area contributed by atoms with Gasteiger partial charge in [-0.25, -0.2) is 4.68 Å². The molecule has 4 rings (SSSR count). The van der Waals surface area contributed by atoms with Crippen molar-refractivity contribution in [3.8, 4) is 22.4 Å². The second-order valence-corrected chi connectivity index (χ2v) is 6.03. The van der Waals surface area contributed by atoms with Crippen LogP contribution in [0.3, 0.4) is 0 Å².